The van der Waals surface area contributed by atoms with Gasteiger partial charge in [0, 0.05) is 5.02 Å². The molecule has 1 amide bonds. The van der Waals surface area contributed by atoms with Crippen LogP contribution in [0.15, 0.2) is 18.2 Å². The molecule has 0 unspecified atom stereocenters. The van der Waals surface area contributed by atoms with E-state index in [1.807, 2.05) is 0 Å². The Bertz CT molecular complexity index is 358. The number of carbonyl (C=O) groups is 1. The first kappa shape index (κ1) is 11.9. The van der Waals surface area contributed by atoms with E-state index in [0.717, 1.165) is 0 Å². The summed E-state index contributed by atoms with van der Waals surface area (Å²) in [7, 11) is 0. The minimum atomic E-state index is -0.566. The third-order valence-corrected chi connectivity index (χ3v) is 2.05. The van der Waals surface area contributed by atoms with Crippen molar-refractivity contribution in [2.75, 3.05) is 12.0 Å². The summed E-state index contributed by atoms with van der Waals surface area (Å²) in [6, 6.07) is 4.87. The Kier molecular flexibility index (Phi) is 4.52. The summed E-state index contributed by atoms with van der Waals surface area (Å²) in [5, 5.41) is 0.945. The molecule has 2 N–H and O–H groups in total. The molecule has 0 bridgehead atoms. The van der Waals surface area contributed by atoms with Crippen molar-refractivity contribution in [1.82, 2.24) is 5.43 Å². The average molecular weight is 249 g/mol. The molecule has 0 spiro atoms. The number of hydrogen-bond acceptors (Lipinski definition) is 3. The van der Waals surface area contributed by atoms with Gasteiger partial charge in [-0.25, -0.2) is 10.2 Å². The van der Waals surface area contributed by atoms with E-state index < -0.39 is 6.09 Å². The molecule has 0 saturated heterocycles. The maximum absolute atomic E-state index is 10.9. The topological polar surface area (TPSA) is 50.4 Å². The molecular formula is C9H10Cl2N2O2. The summed E-state index contributed by atoms with van der Waals surface area (Å²) in [5.41, 5.74) is 5.48. The standard InChI is InChI=1S/C9H10Cl2N2O2/c1-2-15-9(14)13-12-8-4-3-6(10)5-7(8)11/h3-5,12H,2H2,1H3,(H,13,14). The van der Waals surface area contributed by atoms with Gasteiger partial charge in [-0.2, -0.15) is 0 Å². The number of anilines is 1. The zero-order valence-corrected chi connectivity index (χ0v) is 9.52. The fraction of sp³-hybridized carbons (Fsp3) is 0.222. The van der Waals surface area contributed by atoms with Crippen molar-refractivity contribution in [3.8, 4) is 0 Å². The zero-order chi connectivity index (χ0) is 11.3. The van der Waals surface area contributed by atoms with Crippen LogP contribution in [0.5, 0.6) is 0 Å². The van der Waals surface area contributed by atoms with Gasteiger partial charge in [-0.1, -0.05) is 23.2 Å². The Balaban J connectivity index is 2.54. The van der Waals surface area contributed by atoms with Crippen molar-refractivity contribution in [3.05, 3.63) is 28.2 Å². The number of benzene rings is 1. The summed E-state index contributed by atoms with van der Waals surface area (Å²) < 4.78 is 4.65. The maximum Gasteiger partial charge on any atom is 0.425 e. The van der Waals surface area contributed by atoms with Crippen molar-refractivity contribution in [2.24, 2.45) is 0 Å². The molecule has 15 heavy (non-hydrogen) atoms. The van der Waals surface area contributed by atoms with Crippen LogP contribution in [0.1, 0.15) is 6.92 Å². The maximum atomic E-state index is 10.9. The first-order valence-electron chi connectivity index (χ1n) is 4.27. The van der Waals surface area contributed by atoms with Crippen LogP contribution < -0.4 is 10.9 Å². The summed E-state index contributed by atoms with van der Waals surface area (Å²) in [6.45, 7) is 2.02. The molecule has 1 aromatic carbocycles. The molecule has 0 aliphatic rings. The number of carbonyl (C=O) groups excluding carboxylic acids is 1. The van der Waals surface area contributed by atoms with Crippen LogP contribution in [0.3, 0.4) is 0 Å². The van der Waals surface area contributed by atoms with E-state index in [0.29, 0.717) is 22.3 Å². The van der Waals surface area contributed by atoms with Crippen LogP contribution in [-0.4, -0.2) is 12.7 Å². The summed E-state index contributed by atoms with van der Waals surface area (Å²) in [6.07, 6.45) is -0.566. The van der Waals surface area contributed by atoms with Crippen LogP contribution in [0, 0.1) is 0 Å². The van der Waals surface area contributed by atoms with Gasteiger partial charge in [-0.05, 0) is 25.1 Å². The SMILES string of the molecule is CCOC(=O)NNc1ccc(Cl)cc1Cl. The summed E-state index contributed by atoms with van der Waals surface area (Å²) >= 11 is 11.6. The van der Waals surface area contributed by atoms with Crippen molar-refractivity contribution in [3.63, 3.8) is 0 Å². The predicted molar refractivity (Wildman–Crippen MR) is 60.2 cm³/mol. The number of amides is 1. The molecule has 0 radical (unpaired) electrons. The molecule has 0 aliphatic carbocycles. The first-order chi connectivity index (χ1) is 7.13. The number of halogens is 2. The Morgan fingerprint density at radius 1 is 1.47 bits per heavy atom. The minimum absolute atomic E-state index is 0.307. The molecule has 1 aromatic rings. The van der Waals surface area contributed by atoms with E-state index in [1.165, 1.54) is 0 Å². The molecular weight excluding hydrogens is 239 g/mol. The molecule has 0 aromatic heterocycles. The Hall–Kier alpha value is -1.13. The molecule has 4 nitrogen and oxygen atoms in total. The molecule has 0 saturated carbocycles. The zero-order valence-electron chi connectivity index (χ0n) is 8.01. The van der Waals surface area contributed by atoms with E-state index in [4.69, 9.17) is 23.2 Å². The van der Waals surface area contributed by atoms with Gasteiger partial charge in [0.05, 0.1) is 17.3 Å². The van der Waals surface area contributed by atoms with E-state index in [-0.39, 0.29) is 0 Å². The number of rotatable bonds is 3. The van der Waals surface area contributed by atoms with Gasteiger partial charge in [0.1, 0.15) is 0 Å². The molecule has 6 heteroatoms. The lowest BCUT2D eigenvalue weighted by Gasteiger charge is -2.09. The minimum Gasteiger partial charge on any atom is -0.449 e. The quantitative estimate of drug-likeness (QED) is 0.809. The van der Waals surface area contributed by atoms with E-state index in [9.17, 15) is 4.79 Å². The molecule has 1 rings (SSSR count). The first-order valence-corrected chi connectivity index (χ1v) is 5.03. The molecule has 0 atom stereocenters. The monoisotopic (exact) mass is 248 g/mol. The van der Waals surface area contributed by atoms with Gasteiger partial charge < -0.3 is 4.74 Å². The molecule has 0 aliphatic heterocycles. The fourth-order valence-corrected chi connectivity index (χ4v) is 1.33. The largest absolute Gasteiger partial charge is 0.449 e. The normalized spacial score (nSPS) is 9.53. The van der Waals surface area contributed by atoms with Crippen LogP contribution in [0.4, 0.5) is 10.5 Å². The van der Waals surface area contributed by atoms with Gasteiger partial charge in [0.2, 0.25) is 0 Å². The highest BCUT2D eigenvalue weighted by Gasteiger charge is 2.03. The average Bonchev–Trinajstić information content (AvgIpc) is 2.17. The third kappa shape index (κ3) is 3.85. The Morgan fingerprint density at radius 2 is 2.20 bits per heavy atom. The Morgan fingerprint density at radius 3 is 2.80 bits per heavy atom. The van der Waals surface area contributed by atoms with Gasteiger partial charge in [-0.3, -0.25) is 5.43 Å². The lowest BCUT2D eigenvalue weighted by Crippen LogP contribution is -2.30. The van der Waals surface area contributed by atoms with E-state index in [2.05, 4.69) is 15.6 Å². The number of hydrogen-bond donors (Lipinski definition) is 2. The van der Waals surface area contributed by atoms with Crippen LogP contribution >= 0.6 is 23.2 Å². The summed E-state index contributed by atoms with van der Waals surface area (Å²) in [5.74, 6) is 0. The number of hydrazine groups is 1. The second-order valence-electron chi connectivity index (χ2n) is 2.59. The number of ether oxygens (including phenoxy) is 1. The van der Waals surface area contributed by atoms with Gasteiger partial charge in [0.25, 0.3) is 0 Å². The van der Waals surface area contributed by atoms with Gasteiger partial charge in [0.15, 0.2) is 0 Å². The second kappa shape index (κ2) is 5.68. The smallest absolute Gasteiger partial charge is 0.425 e. The highest BCUT2D eigenvalue weighted by molar-refractivity contribution is 6.36. The lowest BCUT2D eigenvalue weighted by molar-refractivity contribution is 0.154. The highest BCUT2D eigenvalue weighted by Crippen LogP contribution is 2.24. The van der Waals surface area contributed by atoms with Crippen molar-refractivity contribution in [1.29, 1.82) is 0 Å². The summed E-state index contributed by atoms with van der Waals surface area (Å²) in [4.78, 5) is 10.9. The van der Waals surface area contributed by atoms with Gasteiger partial charge >= 0.3 is 6.09 Å². The lowest BCUT2D eigenvalue weighted by atomic mass is 10.3. The molecule has 82 valence electrons. The predicted octanol–water partition coefficient (Wildman–Crippen LogP) is 3.07. The van der Waals surface area contributed by atoms with Crippen LogP contribution in [-0.2, 0) is 4.74 Å². The number of nitrogens with one attached hydrogen (secondary N) is 2. The van der Waals surface area contributed by atoms with Crippen LogP contribution in [0.25, 0.3) is 0 Å². The van der Waals surface area contributed by atoms with E-state index in [1.54, 1.807) is 25.1 Å². The van der Waals surface area contributed by atoms with Crippen LogP contribution in [0.2, 0.25) is 10.0 Å². The van der Waals surface area contributed by atoms with Crippen molar-refractivity contribution < 1.29 is 9.53 Å². The Labute approximate surface area is 97.5 Å². The second-order valence-corrected chi connectivity index (χ2v) is 3.44. The third-order valence-electron chi connectivity index (χ3n) is 1.51. The van der Waals surface area contributed by atoms with Crippen molar-refractivity contribution >= 4 is 35.0 Å². The highest BCUT2D eigenvalue weighted by atomic mass is 35.5. The van der Waals surface area contributed by atoms with Crippen molar-refractivity contribution in [2.45, 2.75) is 6.92 Å². The molecule has 0 heterocycles. The van der Waals surface area contributed by atoms with E-state index >= 15 is 0 Å². The van der Waals surface area contributed by atoms with Gasteiger partial charge in [-0.15, -0.1) is 0 Å². The molecule has 0 fully saturated rings. The fourth-order valence-electron chi connectivity index (χ4n) is 0.876.